The molecule has 19 heavy (non-hydrogen) atoms. The third kappa shape index (κ3) is 3.96. The Balaban J connectivity index is 1.92. The number of nitrogens with zero attached hydrogens (tertiary/aromatic N) is 2. The van der Waals surface area contributed by atoms with E-state index in [9.17, 15) is 4.79 Å². The van der Waals surface area contributed by atoms with Crippen LogP contribution < -0.4 is 5.32 Å². The summed E-state index contributed by atoms with van der Waals surface area (Å²) in [6, 6.07) is 8.08. The van der Waals surface area contributed by atoms with Crippen molar-refractivity contribution in [1.82, 2.24) is 9.80 Å². The fourth-order valence-corrected chi connectivity index (χ4v) is 2.28. The van der Waals surface area contributed by atoms with Crippen molar-refractivity contribution < 1.29 is 4.79 Å². The molecule has 104 valence electrons. The molecule has 4 heteroatoms. The first-order chi connectivity index (χ1) is 9.19. The second-order valence-corrected chi connectivity index (χ2v) is 5.12. The maximum Gasteiger partial charge on any atom is 0.321 e. The van der Waals surface area contributed by atoms with Crippen LogP contribution in [-0.4, -0.2) is 49.1 Å². The van der Waals surface area contributed by atoms with Crippen LogP contribution >= 0.6 is 0 Å². The van der Waals surface area contributed by atoms with Crippen molar-refractivity contribution in [3.63, 3.8) is 0 Å². The number of amides is 2. The van der Waals surface area contributed by atoms with Gasteiger partial charge in [0, 0.05) is 25.3 Å². The highest BCUT2D eigenvalue weighted by Gasteiger charge is 2.17. The van der Waals surface area contributed by atoms with Crippen molar-refractivity contribution >= 4 is 11.7 Å². The minimum absolute atomic E-state index is 0.0135. The minimum atomic E-state index is 0.0135. The number of rotatable bonds is 2. The number of nitrogens with one attached hydrogen (secondary N) is 1. The molecule has 0 radical (unpaired) electrons. The zero-order chi connectivity index (χ0) is 13.7. The highest BCUT2D eigenvalue weighted by atomic mass is 16.2. The van der Waals surface area contributed by atoms with Crippen LogP contribution in [0, 0.1) is 0 Å². The Morgan fingerprint density at radius 2 is 1.89 bits per heavy atom. The van der Waals surface area contributed by atoms with Gasteiger partial charge in [-0.3, -0.25) is 0 Å². The van der Waals surface area contributed by atoms with Gasteiger partial charge in [0.25, 0.3) is 0 Å². The third-order valence-corrected chi connectivity index (χ3v) is 3.62. The Labute approximate surface area is 115 Å². The molecule has 1 aromatic rings. The molecule has 1 N–H and O–H groups in total. The Bertz CT molecular complexity index is 416. The molecule has 0 saturated carbocycles. The summed E-state index contributed by atoms with van der Waals surface area (Å²) in [5.41, 5.74) is 2.16. The lowest BCUT2D eigenvalue weighted by Crippen LogP contribution is -2.37. The maximum absolute atomic E-state index is 12.2. The predicted octanol–water partition coefficient (Wildman–Crippen LogP) is 2.42. The van der Waals surface area contributed by atoms with Crippen LogP contribution in [0.1, 0.15) is 18.9 Å². The highest BCUT2D eigenvalue weighted by molar-refractivity contribution is 5.89. The van der Waals surface area contributed by atoms with Gasteiger partial charge in [0.05, 0.1) is 0 Å². The van der Waals surface area contributed by atoms with E-state index in [1.807, 2.05) is 17.0 Å². The summed E-state index contributed by atoms with van der Waals surface area (Å²) in [6.07, 6.45) is 2.06. The Morgan fingerprint density at radius 3 is 2.58 bits per heavy atom. The van der Waals surface area contributed by atoms with Gasteiger partial charge < -0.3 is 15.1 Å². The van der Waals surface area contributed by atoms with Crippen LogP contribution in [0.3, 0.4) is 0 Å². The van der Waals surface area contributed by atoms with Crippen molar-refractivity contribution in [2.24, 2.45) is 0 Å². The van der Waals surface area contributed by atoms with Crippen molar-refractivity contribution in [3.8, 4) is 0 Å². The molecule has 0 unspecified atom stereocenters. The van der Waals surface area contributed by atoms with Gasteiger partial charge in [0.15, 0.2) is 0 Å². The lowest BCUT2D eigenvalue weighted by atomic mass is 10.1. The maximum atomic E-state index is 12.2. The van der Waals surface area contributed by atoms with Crippen LogP contribution in [0.15, 0.2) is 24.3 Å². The fourth-order valence-electron chi connectivity index (χ4n) is 2.28. The molecule has 1 aliphatic heterocycles. The van der Waals surface area contributed by atoms with E-state index in [0.29, 0.717) is 0 Å². The summed E-state index contributed by atoms with van der Waals surface area (Å²) in [6.45, 7) is 5.77. The standard InChI is InChI=1S/C15H23N3O/c1-3-13-5-7-14(8-6-13)16-15(19)18-10-4-9-17(2)11-12-18/h5-8H,3-4,9-12H2,1-2H3,(H,16,19). The first-order valence-corrected chi connectivity index (χ1v) is 7.02. The largest absolute Gasteiger partial charge is 0.323 e. The van der Waals surface area contributed by atoms with Gasteiger partial charge in [-0.25, -0.2) is 4.79 Å². The molecule has 0 spiro atoms. The quantitative estimate of drug-likeness (QED) is 0.887. The molecule has 1 aromatic carbocycles. The van der Waals surface area contributed by atoms with Crippen LogP contribution in [0.5, 0.6) is 0 Å². The lowest BCUT2D eigenvalue weighted by Gasteiger charge is -2.21. The number of benzene rings is 1. The van der Waals surface area contributed by atoms with Gasteiger partial charge in [0.2, 0.25) is 0 Å². The number of urea groups is 1. The average Bonchev–Trinajstić information content (AvgIpc) is 2.64. The summed E-state index contributed by atoms with van der Waals surface area (Å²) in [4.78, 5) is 16.3. The van der Waals surface area contributed by atoms with E-state index in [0.717, 1.165) is 44.7 Å². The van der Waals surface area contributed by atoms with E-state index >= 15 is 0 Å². The number of carbonyl (C=O) groups is 1. The van der Waals surface area contributed by atoms with E-state index in [-0.39, 0.29) is 6.03 Å². The summed E-state index contributed by atoms with van der Waals surface area (Å²) in [5.74, 6) is 0. The van der Waals surface area contributed by atoms with E-state index in [2.05, 4.69) is 36.3 Å². The van der Waals surface area contributed by atoms with Crippen LogP contribution in [0.2, 0.25) is 0 Å². The summed E-state index contributed by atoms with van der Waals surface area (Å²) in [7, 11) is 2.10. The number of aryl methyl sites for hydroxylation is 1. The topological polar surface area (TPSA) is 35.6 Å². The third-order valence-electron chi connectivity index (χ3n) is 3.62. The molecule has 4 nitrogen and oxygen atoms in total. The Hall–Kier alpha value is -1.55. The molecule has 0 aromatic heterocycles. The van der Waals surface area contributed by atoms with Gasteiger partial charge in [0.1, 0.15) is 0 Å². The monoisotopic (exact) mass is 261 g/mol. The van der Waals surface area contributed by atoms with Gasteiger partial charge in [-0.1, -0.05) is 19.1 Å². The van der Waals surface area contributed by atoms with E-state index < -0.39 is 0 Å². The minimum Gasteiger partial charge on any atom is -0.323 e. The van der Waals surface area contributed by atoms with Gasteiger partial charge in [-0.05, 0) is 44.1 Å². The Morgan fingerprint density at radius 1 is 1.16 bits per heavy atom. The Kier molecular flexibility index (Phi) is 4.80. The molecule has 1 aliphatic rings. The number of anilines is 1. The van der Waals surface area contributed by atoms with Gasteiger partial charge >= 0.3 is 6.03 Å². The summed E-state index contributed by atoms with van der Waals surface area (Å²) < 4.78 is 0. The van der Waals surface area contributed by atoms with Gasteiger partial charge in [-0.15, -0.1) is 0 Å². The van der Waals surface area contributed by atoms with E-state index in [4.69, 9.17) is 0 Å². The van der Waals surface area contributed by atoms with Crippen molar-refractivity contribution in [2.45, 2.75) is 19.8 Å². The normalized spacial score (nSPS) is 17.1. The molecular formula is C15H23N3O. The molecule has 0 atom stereocenters. The van der Waals surface area contributed by atoms with E-state index in [1.54, 1.807) is 0 Å². The SMILES string of the molecule is CCc1ccc(NC(=O)N2CCCN(C)CC2)cc1. The van der Waals surface area contributed by atoms with Crippen LogP contribution in [-0.2, 0) is 6.42 Å². The fraction of sp³-hybridized carbons (Fsp3) is 0.533. The lowest BCUT2D eigenvalue weighted by molar-refractivity contribution is 0.213. The molecular weight excluding hydrogens is 238 g/mol. The highest BCUT2D eigenvalue weighted by Crippen LogP contribution is 2.11. The average molecular weight is 261 g/mol. The zero-order valence-corrected chi connectivity index (χ0v) is 11.9. The summed E-state index contributed by atoms with van der Waals surface area (Å²) in [5, 5.41) is 2.97. The molecule has 1 saturated heterocycles. The zero-order valence-electron chi connectivity index (χ0n) is 11.9. The number of hydrogen-bond donors (Lipinski definition) is 1. The number of likely N-dealkylation sites (N-methyl/N-ethyl adjacent to an activating group) is 1. The van der Waals surface area contributed by atoms with Crippen LogP contribution in [0.25, 0.3) is 0 Å². The van der Waals surface area contributed by atoms with Crippen molar-refractivity contribution in [3.05, 3.63) is 29.8 Å². The molecule has 0 bridgehead atoms. The number of carbonyl (C=O) groups excluding carboxylic acids is 1. The van der Waals surface area contributed by atoms with Crippen molar-refractivity contribution in [1.29, 1.82) is 0 Å². The van der Waals surface area contributed by atoms with Gasteiger partial charge in [-0.2, -0.15) is 0 Å². The summed E-state index contributed by atoms with van der Waals surface area (Å²) >= 11 is 0. The predicted molar refractivity (Wildman–Crippen MR) is 78.5 cm³/mol. The van der Waals surface area contributed by atoms with Crippen LogP contribution in [0.4, 0.5) is 10.5 Å². The molecule has 2 rings (SSSR count). The van der Waals surface area contributed by atoms with Crippen molar-refractivity contribution in [2.75, 3.05) is 38.5 Å². The second kappa shape index (κ2) is 6.57. The smallest absolute Gasteiger partial charge is 0.321 e. The molecule has 1 fully saturated rings. The first-order valence-electron chi connectivity index (χ1n) is 7.02. The van der Waals surface area contributed by atoms with E-state index in [1.165, 1.54) is 5.56 Å². The molecule has 2 amide bonds. The molecule has 0 aliphatic carbocycles. The molecule has 1 heterocycles. The number of hydrogen-bond acceptors (Lipinski definition) is 2. The second-order valence-electron chi connectivity index (χ2n) is 5.12. The first kappa shape index (κ1) is 13.9.